The van der Waals surface area contributed by atoms with Gasteiger partial charge in [0.15, 0.2) is 0 Å². The van der Waals surface area contributed by atoms with E-state index in [1.807, 2.05) is 32.9 Å². The van der Waals surface area contributed by atoms with E-state index in [4.69, 9.17) is 5.11 Å². The first kappa shape index (κ1) is 12.2. The maximum Gasteiger partial charge on any atom is 0.336 e. The van der Waals surface area contributed by atoms with Gasteiger partial charge in [-0.15, -0.1) is 17.0 Å². The highest BCUT2D eigenvalue weighted by atomic mass is 79.9. The van der Waals surface area contributed by atoms with E-state index < -0.39 is 5.97 Å². The van der Waals surface area contributed by atoms with Crippen molar-refractivity contribution in [2.45, 2.75) is 20.8 Å². The molecule has 2 nitrogen and oxygen atoms in total. The number of halogens is 1. The fraction of sp³-hybridized carbons (Fsp3) is 0.300. The van der Waals surface area contributed by atoms with Gasteiger partial charge in [-0.1, -0.05) is 17.7 Å². The van der Waals surface area contributed by atoms with Crippen LogP contribution in [0, 0.1) is 20.8 Å². The Morgan fingerprint density at radius 3 is 1.85 bits per heavy atom. The van der Waals surface area contributed by atoms with Crippen LogP contribution in [-0.4, -0.2) is 11.1 Å². The van der Waals surface area contributed by atoms with Crippen LogP contribution in [0.1, 0.15) is 27.0 Å². The number of hydrogen-bond acceptors (Lipinski definition) is 1. The fourth-order valence-electron chi connectivity index (χ4n) is 1.52. The third-order valence-corrected chi connectivity index (χ3v) is 1.89. The zero-order valence-corrected chi connectivity index (χ0v) is 9.63. The lowest BCUT2D eigenvalue weighted by molar-refractivity contribution is 0.0695. The smallest absolute Gasteiger partial charge is 0.336 e. The van der Waals surface area contributed by atoms with Crippen molar-refractivity contribution in [2.75, 3.05) is 0 Å². The Bertz CT molecular complexity index is 309. The highest BCUT2D eigenvalue weighted by Crippen LogP contribution is 2.15. The quantitative estimate of drug-likeness (QED) is 0.825. The Morgan fingerprint density at radius 2 is 1.54 bits per heavy atom. The van der Waals surface area contributed by atoms with Crippen LogP contribution in [0.25, 0.3) is 0 Å². The highest BCUT2D eigenvalue weighted by molar-refractivity contribution is 8.93. The van der Waals surface area contributed by atoms with E-state index in [2.05, 4.69) is 0 Å². The molecule has 0 unspecified atom stereocenters. The molecule has 0 aromatic heterocycles. The van der Waals surface area contributed by atoms with Crippen molar-refractivity contribution < 1.29 is 9.90 Å². The first-order chi connectivity index (χ1) is 5.52. The zero-order chi connectivity index (χ0) is 9.30. The Hall–Kier alpha value is -0.830. The number of carboxylic acids is 1. The highest BCUT2D eigenvalue weighted by Gasteiger charge is 2.09. The van der Waals surface area contributed by atoms with E-state index in [1.54, 1.807) is 0 Å². The molecule has 0 spiro atoms. The van der Waals surface area contributed by atoms with E-state index in [9.17, 15) is 4.79 Å². The van der Waals surface area contributed by atoms with E-state index in [0.717, 1.165) is 16.7 Å². The summed E-state index contributed by atoms with van der Waals surface area (Å²) >= 11 is 0. The van der Waals surface area contributed by atoms with Crippen LogP contribution in [0.4, 0.5) is 0 Å². The Labute approximate surface area is 88.4 Å². The molecule has 0 heterocycles. The van der Waals surface area contributed by atoms with Gasteiger partial charge in [0, 0.05) is 0 Å². The lowest BCUT2D eigenvalue weighted by Gasteiger charge is -2.05. The third kappa shape index (κ3) is 2.56. The average Bonchev–Trinajstić information content (AvgIpc) is 1.82. The van der Waals surface area contributed by atoms with Crippen LogP contribution >= 0.6 is 17.0 Å². The van der Waals surface area contributed by atoms with E-state index in [-0.39, 0.29) is 17.0 Å². The predicted molar refractivity (Wildman–Crippen MR) is 57.9 cm³/mol. The summed E-state index contributed by atoms with van der Waals surface area (Å²) < 4.78 is 0. The van der Waals surface area contributed by atoms with Crippen molar-refractivity contribution in [1.82, 2.24) is 0 Å². The molecule has 1 aromatic rings. The van der Waals surface area contributed by atoms with Crippen molar-refractivity contribution in [3.05, 3.63) is 34.4 Å². The van der Waals surface area contributed by atoms with Gasteiger partial charge < -0.3 is 5.11 Å². The maximum absolute atomic E-state index is 10.8. The molecule has 0 atom stereocenters. The van der Waals surface area contributed by atoms with Gasteiger partial charge >= 0.3 is 5.97 Å². The van der Waals surface area contributed by atoms with E-state index in [1.165, 1.54) is 0 Å². The first-order valence-corrected chi connectivity index (χ1v) is 3.83. The Morgan fingerprint density at radius 1 is 1.15 bits per heavy atom. The van der Waals surface area contributed by atoms with Crippen LogP contribution in [0.15, 0.2) is 12.1 Å². The monoisotopic (exact) mass is 244 g/mol. The number of rotatable bonds is 1. The van der Waals surface area contributed by atoms with Gasteiger partial charge in [-0.25, -0.2) is 4.79 Å². The van der Waals surface area contributed by atoms with Gasteiger partial charge in [0.2, 0.25) is 0 Å². The van der Waals surface area contributed by atoms with Gasteiger partial charge in [-0.3, -0.25) is 0 Å². The Kier molecular flexibility index (Phi) is 4.14. The number of carboxylic acid groups (broad SMARTS) is 1. The number of hydrogen-bond donors (Lipinski definition) is 1. The SMILES string of the molecule is Br.Cc1cc(C)c(C(=O)O)c(C)c1. The standard InChI is InChI=1S/C10H12O2.BrH/c1-6-4-7(2)9(10(11)12)8(3)5-6;/h4-5H,1-3H3,(H,11,12);1H. The van der Waals surface area contributed by atoms with Crippen molar-refractivity contribution in [3.8, 4) is 0 Å². The minimum atomic E-state index is -0.843. The van der Waals surface area contributed by atoms with Crippen LogP contribution in [0.2, 0.25) is 0 Å². The molecular formula is C10H13BrO2. The second kappa shape index (κ2) is 4.42. The second-order valence-corrected chi connectivity index (χ2v) is 3.08. The van der Waals surface area contributed by atoms with Crippen molar-refractivity contribution in [1.29, 1.82) is 0 Å². The maximum atomic E-state index is 10.8. The lowest BCUT2D eigenvalue weighted by atomic mass is 10.0. The van der Waals surface area contributed by atoms with Crippen LogP contribution in [0.5, 0.6) is 0 Å². The van der Waals surface area contributed by atoms with E-state index in [0.29, 0.717) is 5.56 Å². The Balaban J connectivity index is 0.00000144. The van der Waals surface area contributed by atoms with Crippen LogP contribution in [0.3, 0.4) is 0 Å². The van der Waals surface area contributed by atoms with Gasteiger partial charge in [-0.05, 0) is 31.9 Å². The molecule has 1 aromatic carbocycles. The van der Waals surface area contributed by atoms with Crippen molar-refractivity contribution in [2.24, 2.45) is 0 Å². The molecule has 0 aliphatic rings. The molecule has 0 radical (unpaired) electrons. The van der Waals surface area contributed by atoms with Gasteiger partial charge in [0.25, 0.3) is 0 Å². The van der Waals surface area contributed by atoms with Crippen molar-refractivity contribution in [3.63, 3.8) is 0 Å². The molecule has 1 rings (SSSR count). The first-order valence-electron chi connectivity index (χ1n) is 3.83. The average molecular weight is 245 g/mol. The molecule has 1 N–H and O–H groups in total. The van der Waals surface area contributed by atoms with Crippen LogP contribution in [-0.2, 0) is 0 Å². The number of aryl methyl sites for hydroxylation is 3. The molecule has 0 aliphatic carbocycles. The summed E-state index contributed by atoms with van der Waals surface area (Å²) in [6, 6.07) is 3.77. The minimum absolute atomic E-state index is 0. The summed E-state index contributed by atoms with van der Waals surface area (Å²) in [4.78, 5) is 10.8. The zero-order valence-electron chi connectivity index (χ0n) is 7.92. The van der Waals surface area contributed by atoms with Gasteiger partial charge in [-0.2, -0.15) is 0 Å². The molecule has 0 saturated carbocycles. The topological polar surface area (TPSA) is 37.3 Å². The predicted octanol–water partition coefficient (Wildman–Crippen LogP) is 2.89. The van der Waals surface area contributed by atoms with Crippen molar-refractivity contribution >= 4 is 23.0 Å². The molecule has 0 amide bonds. The summed E-state index contributed by atoms with van der Waals surface area (Å²) in [5.74, 6) is -0.843. The molecule has 13 heavy (non-hydrogen) atoms. The summed E-state index contributed by atoms with van der Waals surface area (Å²) in [6.45, 7) is 5.61. The normalized spacial score (nSPS) is 9.15. The van der Waals surface area contributed by atoms with Gasteiger partial charge in [0.1, 0.15) is 0 Å². The number of benzene rings is 1. The van der Waals surface area contributed by atoms with Crippen LogP contribution < -0.4 is 0 Å². The lowest BCUT2D eigenvalue weighted by Crippen LogP contribution is -2.03. The summed E-state index contributed by atoms with van der Waals surface area (Å²) in [5.41, 5.74) is 3.20. The second-order valence-electron chi connectivity index (χ2n) is 3.08. The minimum Gasteiger partial charge on any atom is -0.478 e. The fourth-order valence-corrected chi connectivity index (χ4v) is 1.52. The summed E-state index contributed by atoms with van der Waals surface area (Å²) in [7, 11) is 0. The largest absolute Gasteiger partial charge is 0.478 e. The molecule has 0 fully saturated rings. The molecule has 0 saturated heterocycles. The molecule has 72 valence electrons. The number of aromatic carboxylic acids is 1. The molecule has 3 heteroatoms. The molecule has 0 bridgehead atoms. The summed E-state index contributed by atoms with van der Waals surface area (Å²) in [6.07, 6.45) is 0. The summed E-state index contributed by atoms with van der Waals surface area (Å²) in [5, 5.41) is 8.84. The molecular weight excluding hydrogens is 232 g/mol. The number of carbonyl (C=O) groups is 1. The van der Waals surface area contributed by atoms with E-state index >= 15 is 0 Å². The third-order valence-electron chi connectivity index (χ3n) is 1.89. The molecule has 0 aliphatic heterocycles. The van der Waals surface area contributed by atoms with Gasteiger partial charge in [0.05, 0.1) is 5.56 Å².